The van der Waals surface area contributed by atoms with Crippen LogP contribution in [0.2, 0.25) is 0 Å². The van der Waals surface area contributed by atoms with Crippen molar-refractivity contribution in [1.82, 2.24) is 19.9 Å². The van der Waals surface area contributed by atoms with Crippen molar-refractivity contribution in [1.29, 1.82) is 0 Å². The molecule has 1 amide bonds. The highest BCUT2D eigenvalue weighted by Crippen LogP contribution is 2.16. The summed E-state index contributed by atoms with van der Waals surface area (Å²) >= 11 is 0. The van der Waals surface area contributed by atoms with Gasteiger partial charge in [-0.3, -0.25) is 9.36 Å². The maximum Gasteiger partial charge on any atom is 0.220 e. The summed E-state index contributed by atoms with van der Waals surface area (Å²) in [6.07, 6.45) is 9.15. The molecule has 1 N–H and O–H groups in total. The van der Waals surface area contributed by atoms with Gasteiger partial charge in [-0.05, 0) is 43.9 Å². The molecule has 6 nitrogen and oxygen atoms in total. The molecule has 0 saturated carbocycles. The van der Waals surface area contributed by atoms with Crippen LogP contribution in [-0.2, 0) is 16.1 Å². The highest BCUT2D eigenvalue weighted by atomic mass is 16.5. The van der Waals surface area contributed by atoms with Crippen molar-refractivity contribution >= 4 is 5.91 Å². The Morgan fingerprint density at radius 2 is 2.35 bits per heavy atom. The van der Waals surface area contributed by atoms with Gasteiger partial charge in [-0.2, -0.15) is 0 Å². The van der Waals surface area contributed by atoms with Crippen LogP contribution in [-0.4, -0.2) is 33.2 Å². The van der Waals surface area contributed by atoms with E-state index in [0.717, 1.165) is 43.1 Å². The van der Waals surface area contributed by atoms with Gasteiger partial charge in [0, 0.05) is 38.2 Å². The molecule has 122 valence electrons. The number of amides is 1. The molecule has 2 aromatic rings. The number of hydrogen-bond donors (Lipinski definition) is 1. The van der Waals surface area contributed by atoms with E-state index in [1.54, 1.807) is 12.4 Å². The number of rotatable bonds is 6. The second-order valence-electron chi connectivity index (χ2n) is 5.82. The van der Waals surface area contributed by atoms with Crippen molar-refractivity contribution in [3.8, 4) is 5.82 Å². The average Bonchev–Trinajstić information content (AvgIpc) is 3.22. The minimum absolute atomic E-state index is 0.0673. The fraction of sp³-hybridized carbons (Fsp3) is 0.471. The van der Waals surface area contributed by atoms with Crippen LogP contribution in [0.5, 0.6) is 0 Å². The Labute approximate surface area is 135 Å². The highest BCUT2D eigenvalue weighted by Gasteiger charge is 2.16. The SMILES string of the molecule is Cc1nccn1-c1cc(CNC(=O)CC[C@H]2CCCO2)ccn1. The van der Waals surface area contributed by atoms with Crippen LogP contribution in [0.4, 0.5) is 0 Å². The molecular weight excluding hydrogens is 292 g/mol. The fourth-order valence-corrected chi connectivity index (χ4v) is 2.78. The minimum Gasteiger partial charge on any atom is -0.378 e. The van der Waals surface area contributed by atoms with Gasteiger partial charge in [-0.15, -0.1) is 0 Å². The molecule has 1 aliphatic heterocycles. The van der Waals surface area contributed by atoms with Crippen LogP contribution in [0.1, 0.15) is 37.1 Å². The number of aromatic nitrogens is 3. The quantitative estimate of drug-likeness (QED) is 0.887. The zero-order chi connectivity index (χ0) is 16.1. The molecule has 1 fully saturated rings. The Hall–Kier alpha value is -2.21. The number of nitrogens with one attached hydrogen (secondary N) is 1. The molecule has 0 spiro atoms. The summed E-state index contributed by atoms with van der Waals surface area (Å²) in [4.78, 5) is 20.5. The summed E-state index contributed by atoms with van der Waals surface area (Å²) in [6, 6.07) is 3.88. The third-order valence-electron chi connectivity index (χ3n) is 4.09. The topological polar surface area (TPSA) is 69.0 Å². The van der Waals surface area contributed by atoms with Crippen molar-refractivity contribution < 1.29 is 9.53 Å². The van der Waals surface area contributed by atoms with E-state index in [9.17, 15) is 4.79 Å². The Bertz CT molecular complexity index is 662. The van der Waals surface area contributed by atoms with Crippen LogP contribution < -0.4 is 5.32 Å². The third-order valence-corrected chi connectivity index (χ3v) is 4.09. The minimum atomic E-state index is 0.0673. The molecule has 1 aliphatic rings. The molecule has 0 aliphatic carbocycles. The van der Waals surface area contributed by atoms with E-state index in [1.807, 2.05) is 29.8 Å². The van der Waals surface area contributed by atoms with Gasteiger partial charge in [0.15, 0.2) is 0 Å². The van der Waals surface area contributed by atoms with Crippen LogP contribution in [0.25, 0.3) is 5.82 Å². The Morgan fingerprint density at radius 1 is 1.43 bits per heavy atom. The van der Waals surface area contributed by atoms with E-state index in [1.165, 1.54) is 0 Å². The average molecular weight is 314 g/mol. The lowest BCUT2D eigenvalue weighted by Crippen LogP contribution is -2.24. The molecule has 0 aromatic carbocycles. The molecule has 6 heteroatoms. The standard InChI is InChI=1S/C17H22N4O2/c1-13-18-8-9-21(13)16-11-14(6-7-19-16)12-20-17(22)5-4-15-3-2-10-23-15/h6-9,11,15H,2-5,10,12H2,1H3,(H,20,22)/t15-/m1/s1. The molecule has 3 heterocycles. The summed E-state index contributed by atoms with van der Waals surface area (Å²) < 4.78 is 7.46. The van der Waals surface area contributed by atoms with Gasteiger partial charge in [0.05, 0.1) is 6.10 Å². The lowest BCUT2D eigenvalue weighted by Gasteiger charge is -2.10. The van der Waals surface area contributed by atoms with Crippen molar-refractivity contribution in [3.05, 3.63) is 42.1 Å². The predicted octanol–water partition coefficient (Wildman–Crippen LogP) is 2.15. The second kappa shape index (κ2) is 7.37. The van der Waals surface area contributed by atoms with E-state index >= 15 is 0 Å². The molecule has 0 radical (unpaired) electrons. The Kier molecular flexibility index (Phi) is 5.02. The number of hydrogen-bond acceptors (Lipinski definition) is 4. The van der Waals surface area contributed by atoms with Crippen LogP contribution in [0.15, 0.2) is 30.7 Å². The zero-order valence-electron chi connectivity index (χ0n) is 13.4. The zero-order valence-corrected chi connectivity index (χ0v) is 13.4. The maximum absolute atomic E-state index is 11.9. The van der Waals surface area contributed by atoms with Gasteiger partial charge in [-0.25, -0.2) is 9.97 Å². The van der Waals surface area contributed by atoms with Gasteiger partial charge < -0.3 is 10.1 Å². The Morgan fingerprint density at radius 3 is 3.09 bits per heavy atom. The first-order chi connectivity index (χ1) is 11.2. The number of ether oxygens (including phenoxy) is 1. The van der Waals surface area contributed by atoms with Gasteiger partial charge in [0.1, 0.15) is 11.6 Å². The van der Waals surface area contributed by atoms with Crippen LogP contribution in [0, 0.1) is 6.92 Å². The number of carbonyl (C=O) groups excluding carboxylic acids is 1. The fourth-order valence-electron chi connectivity index (χ4n) is 2.78. The number of imidazole rings is 1. The lowest BCUT2D eigenvalue weighted by molar-refractivity contribution is -0.121. The normalized spacial score (nSPS) is 17.3. The number of pyridine rings is 1. The van der Waals surface area contributed by atoms with Crippen molar-refractivity contribution in [2.24, 2.45) is 0 Å². The summed E-state index contributed by atoms with van der Waals surface area (Å²) in [6.45, 7) is 3.27. The first-order valence-electron chi connectivity index (χ1n) is 8.06. The van der Waals surface area contributed by atoms with E-state index in [4.69, 9.17) is 4.74 Å². The summed E-state index contributed by atoms with van der Waals surface area (Å²) in [5.74, 6) is 1.76. The van der Waals surface area contributed by atoms with Crippen molar-refractivity contribution in [2.75, 3.05) is 6.61 Å². The summed E-state index contributed by atoms with van der Waals surface area (Å²) in [7, 11) is 0. The van der Waals surface area contributed by atoms with Crippen molar-refractivity contribution in [2.45, 2.75) is 45.3 Å². The van der Waals surface area contributed by atoms with E-state index < -0.39 is 0 Å². The predicted molar refractivity (Wildman–Crippen MR) is 86.2 cm³/mol. The number of nitrogens with zero attached hydrogens (tertiary/aromatic N) is 3. The monoisotopic (exact) mass is 314 g/mol. The highest BCUT2D eigenvalue weighted by molar-refractivity contribution is 5.75. The summed E-state index contributed by atoms with van der Waals surface area (Å²) in [5.41, 5.74) is 1.02. The van der Waals surface area contributed by atoms with Gasteiger partial charge >= 0.3 is 0 Å². The van der Waals surface area contributed by atoms with Gasteiger partial charge in [0.25, 0.3) is 0 Å². The van der Waals surface area contributed by atoms with Crippen molar-refractivity contribution in [3.63, 3.8) is 0 Å². The maximum atomic E-state index is 11.9. The van der Waals surface area contributed by atoms with E-state index in [0.29, 0.717) is 13.0 Å². The van der Waals surface area contributed by atoms with E-state index in [-0.39, 0.29) is 12.0 Å². The number of carbonyl (C=O) groups is 1. The third kappa shape index (κ3) is 4.16. The largest absolute Gasteiger partial charge is 0.378 e. The summed E-state index contributed by atoms with van der Waals surface area (Å²) in [5, 5.41) is 2.96. The van der Waals surface area contributed by atoms with Crippen LogP contribution in [0.3, 0.4) is 0 Å². The van der Waals surface area contributed by atoms with Crippen LogP contribution >= 0.6 is 0 Å². The first-order valence-corrected chi connectivity index (χ1v) is 8.06. The molecule has 0 unspecified atom stereocenters. The van der Waals surface area contributed by atoms with E-state index in [2.05, 4.69) is 15.3 Å². The van der Waals surface area contributed by atoms with Gasteiger partial charge in [-0.1, -0.05) is 0 Å². The molecule has 2 aromatic heterocycles. The lowest BCUT2D eigenvalue weighted by atomic mass is 10.1. The number of aryl methyl sites for hydroxylation is 1. The molecule has 1 atom stereocenters. The molecular formula is C17H22N4O2. The first kappa shape index (κ1) is 15.7. The Balaban J connectivity index is 1.52. The van der Waals surface area contributed by atoms with Gasteiger partial charge in [0.2, 0.25) is 5.91 Å². The molecule has 0 bridgehead atoms. The molecule has 1 saturated heterocycles. The second-order valence-corrected chi connectivity index (χ2v) is 5.82. The molecule has 23 heavy (non-hydrogen) atoms. The smallest absolute Gasteiger partial charge is 0.220 e. The molecule has 3 rings (SSSR count).